The van der Waals surface area contributed by atoms with E-state index in [4.69, 9.17) is 18.5 Å². The number of phosphoric acid groups is 1. The number of nitrogens with zero attached hydrogens (tertiary/aromatic N) is 1. The minimum Gasteiger partial charge on any atom is -0.756 e. The Balaban J connectivity index is 3.99. The fraction of sp³-hybridized carbons (Fsp3) is 0.667. The predicted octanol–water partition coefficient (Wildman–Crippen LogP) is 29.1. The van der Waals surface area contributed by atoms with Crippen LogP contribution >= 0.6 is 7.82 Å². The predicted molar refractivity (Wildman–Crippen MR) is 461 cm³/mol. The Labute approximate surface area is 654 Å². The molecule has 604 valence electrons. The molecule has 0 spiro atoms. The molecule has 0 aromatic rings. The summed E-state index contributed by atoms with van der Waals surface area (Å²) in [6, 6.07) is 0. The number of phosphoric ester groups is 1. The van der Waals surface area contributed by atoms with Crippen LogP contribution in [0.3, 0.4) is 0 Å². The molecule has 0 N–H and O–H groups in total. The standard InChI is InChI=1S/C96H162NO8P/c1-6-8-10-12-14-16-18-20-22-24-26-28-30-32-34-36-38-40-42-44-46-48-50-52-54-56-58-60-62-64-66-68-70-72-74-76-78-80-82-84-86-88-95(98)102-92-94(93-104-106(100,101)103-91-90-97(3,4)5)105-96(99)89-87-85-83-81-79-77-75-73-71-69-67-65-63-61-59-57-55-53-51-49-47-45-43-41-39-37-35-33-31-29-27-25-23-21-19-17-15-13-11-9-7-2/h8-11,14-17,20-23,26-29,33,35,39,41,45,47,51,53,57,59,63,65,69,71,94H,6-7,12-13,18-19,24-25,30-32,34,36-38,40,42-44,46,48-50,52,54-56,58,60-62,64,66-68,70,72-93H2,1-5H3/b10-8-,11-9-,16-14-,17-15-,22-20-,23-21-,28-26-,29-27-,35-33-,41-39-,47-45-,53-51-,59-57-,65-63-,71-69-. The summed E-state index contributed by atoms with van der Waals surface area (Å²) in [5, 5.41) is 0. The number of ether oxygens (including phenoxy) is 2. The third-order valence-electron chi connectivity index (χ3n) is 18.4. The Morgan fingerprint density at radius 2 is 0.509 bits per heavy atom. The first kappa shape index (κ1) is 101. The van der Waals surface area contributed by atoms with Crippen molar-refractivity contribution in [2.24, 2.45) is 0 Å². The van der Waals surface area contributed by atoms with Crippen LogP contribution in [0.1, 0.15) is 361 Å². The summed E-state index contributed by atoms with van der Waals surface area (Å²) in [5.74, 6) is -0.842. The first-order valence-corrected chi connectivity index (χ1v) is 45.0. The molecule has 0 radical (unpaired) electrons. The Morgan fingerprint density at radius 3 is 0.755 bits per heavy atom. The van der Waals surface area contributed by atoms with E-state index in [-0.39, 0.29) is 32.0 Å². The zero-order valence-electron chi connectivity index (χ0n) is 69.1. The van der Waals surface area contributed by atoms with Gasteiger partial charge in [0.2, 0.25) is 0 Å². The average molecular weight is 1490 g/mol. The topological polar surface area (TPSA) is 111 Å². The Kier molecular flexibility index (Phi) is 80.3. The summed E-state index contributed by atoms with van der Waals surface area (Å²) < 4.78 is 34.4. The zero-order valence-corrected chi connectivity index (χ0v) is 70.0. The number of carbonyl (C=O) groups excluding carboxylic acids is 2. The SMILES string of the molecule is CC/C=C\C/C=C\C/C=C\C/C=C\C/C=C\C/C=C\C/C=C\C/C=C\C/C=C\C/C=C\C/C=C\CCCCCCCCCC(=O)OC(COC(=O)CCCCCCCCCCCCCCCCCCCCCCCCCCCCCC/C=C\C/C=C\C/C=C\C/C=C\CC)COP(=O)([O-])OCC[N+](C)(C)C. The van der Waals surface area contributed by atoms with Crippen LogP contribution in [0, 0.1) is 0 Å². The van der Waals surface area contributed by atoms with Crippen LogP contribution < -0.4 is 4.89 Å². The summed E-state index contributed by atoms with van der Waals surface area (Å²) >= 11 is 0. The number of hydrogen-bond acceptors (Lipinski definition) is 8. The lowest BCUT2D eigenvalue weighted by molar-refractivity contribution is -0.870. The molecule has 0 saturated heterocycles. The highest BCUT2D eigenvalue weighted by Gasteiger charge is 2.22. The molecule has 0 saturated carbocycles. The molecule has 0 aromatic carbocycles. The Hall–Kier alpha value is -4.89. The maximum atomic E-state index is 12.9. The molecule has 9 nitrogen and oxygen atoms in total. The van der Waals surface area contributed by atoms with E-state index >= 15 is 0 Å². The molecule has 0 fully saturated rings. The van der Waals surface area contributed by atoms with Crippen molar-refractivity contribution in [2.75, 3.05) is 47.5 Å². The highest BCUT2D eigenvalue weighted by atomic mass is 31.2. The van der Waals surface area contributed by atoms with Gasteiger partial charge < -0.3 is 27.9 Å². The summed E-state index contributed by atoms with van der Waals surface area (Å²) in [4.78, 5) is 38.2. The highest BCUT2D eigenvalue weighted by Crippen LogP contribution is 2.38. The smallest absolute Gasteiger partial charge is 0.306 e. The van der Waals surface area contributed by atoms with Gasteiger partial charge in [0.15, 0.2) is 6.10 Å². The third kappa shape index (κ3) is 88.0. The third-order valence-corrected chi connectivity index (χ3v) is 19.4. The van der Waals surface area contributed by atoms with Crippen molar-refractivity contribution in [1.29, 1.82) is 0 Å². The molecule has 0 heterocycles. The number of hydrogen-bond donors (Lipinski definition) is 0. The number of esters is 2. The number of carbonyl (C=O) groups is 2. The lowest BCUT2D eigenvalue weighted by Crippen LogP contribution is -2.37. The van der Waals surface area contributed by atoms with Gasteiger partial charge in [-0.3, -0.25) is 14.2 Å². The van der Waals surface area contributed by atoms with Crippen molar-refractivity contribution >= 4 is 19.8 Å². The Morgan fingerprint density at radius 1 is 0.292 bits per heavy atom. The van der Waals surface area contributed by atoms with Gasteiger partial charge in [-0.1, -0.05) is 395 Å². The van der Waals surface area contributed by atoms with Crippen LogP contribution in [-0.2, 0) is 32.7 Å². The van der Waals surface area contributed by atoms with E-state index in [1.165, 1.54) is 180 Å². The maximum absolute atomic E-state index is 12.9. The van der Waals surface area contributed by atoms with Crippen molar-refractivity contribution in [3.63, 3.8) is 0 Å². The highest BCUT2D eigenvalue weighted by molar-refractivity contribution is 7.45. The van der Waals surface area contributed by atoms with Gasteiger partial charge >= 0.3 is 11.9 Å². The van der Waals surface area contributed by atoms with Crippen molar-refractivity contribution < 1.29 is 42.1 Å². The monoisotopic (exact) mass is 1490 g/mol. The first-order valence-electron chi connectivity index (χ1n) is 43.5. The molecular weight excluding hydrogens is 1330 g/mol. The van der Waals surface area contributed by atoms with Crippen LogP contribution in [0.2, 0.25) is 0 Å². The second kappa shape index (κ2) is 84.1. The van der Waals surface area contributed by atoms with Gasteiger partial charge in [-0.05, 0) is 135 Å². The molecule has 0 aliphatic rings. The lowest BCUT2D eigenvalue weighted by atomic mass is 10.0. The minimum atomic E-state index is -4.66. The van der Waals surface area contributed by atoms with Gasteiger partial charge in [0.25, 0.3) is 7.82 Å². The fourth-order valence-electron chi connectivity index (χ4n) is 11.9. The number of allylic oxidation sites excluding steroid dienone is 30. The Bertz CT molecular complexity index is 2460. The second-order valence-electron chi connectivity index (χ2n) is 29.8. The van der Waals surface area contributed by atoms with Crippen LogP contribution in [0.5, 0.6) is 0 Å². The molecule has 0 amide bonds. The molecule has 0 aliphatic carbocycles. The number of quaternary nitrogens is 1. The molecule has 10 heteroatoms. The fourth-order valence-corrected chi connectivity index (χ4v) is 12.6. The van der Waals surface area contributed by atoms with Gasteiger partial charge in [-0.15, -0.1) is 0 Å². The molecule has 0 bridgehead atoms. The lowest BCUT2D eigenvalue weighted by Gasteiger charge is -2.28. The molecule has 0 rings (SSSR count). The van der Waals surface area contributed by atoms with Gasteiger partial charge in [0.05, 0.1) is 27.7 Å². The molecular formula is C96H162NO8P. The molecule has 0 aliphatic heterocycles. The second-order valence-corrected chi connectivity index (χ2v) is 31.2. The van der Waals surface area contributed by atoms with Crippen molar-refractivity contribution in [3.8, 4) is 0 Å². The van der Waals surface area contributed by atoms with Gasteiger partial charge in [0.1, 0.15) is 19.8 Å². The number of rotatable bonds is 79. The van der Waals surface area contributed by atoms with E-state index in [1.54, 1.807) is 0 Å². The van der Waals surface area contributed by atoms with Gasteiger partial charge in [-0.2, -0.15) is 0 Å². The van der Waals surface area contributed by atoms with E-state index in [0.717, 1.165) is 148 Å². The van der Waals surface area contributed by atoms with E-state index in [2.05, 4.69) is 196 Å². The van der Waals surface area contributed by atoms with Crippen LogP contribution in [0.25, 0.3) is 0 Å². The van der Waals surface area contributed by atoms with Crippen molar-refractivity contribution in [2.45, 2.75) is 367 Å². The zero-order chi connectivity index (χ0) is 76.8. The normalized spacial score (nSPS) is 13.9. The molecule has 106 heavy (non-hydrogen) atoms. The molecule has 2 unspecified atom stereocenters. The quantitative estimate of drug-likeness (QED) is 0.0195. The largest absolute Gasteiger partial charge is 0.756 e. The first-order chi connectivity index (χ1) is 52.0. The average Bonchev–Trinajstić information content (AvgIpc) is 0.908. The minimum absolute atomic E-state index is 0.0394. The van der Waals surface area contributed by atoms with E-state index in [0.29, 0.717) is 17.4 Å². The summed E-state index contributed by atoms with van der Waals surface area (Å²) in [6.45, 7) is 4.02. The van der Waals surface area contributed by atoms with Gasteiger partial charge in [0, 0.05) is 12.8 Å². The summed E-state index contributed by atoms with van der Waals surface area (Å²) in [6.07, 6.45) is 129. The molecule has 2 atom stereocenters. The van der Waals surface area contributed by atoms with E-state index in [1.807, 2.05) is 21.1 Å². The molecule has 0 aromatic heterocycles. The van der Waals surface area contributed by atoms with Crippen LogP contribution in [0.4, 0.5) is 0 Å². The van der Waals surface area contributed by atoms with E-state index < -0.39 is 26.5 Å². The summed E-state index contributed by atoms with van der Waals surface area (Å²) in [5.41, 5.74) is 0. The van der Waals surface area contributed by atoms with Crippen molar-refractivity contribution in [3.05, 3.63) is 182 Å². The van der Waals surface area contributed by atoms with E-state index in [9.17, 15) is 19.0 Å². The van der Waals surface area contributed by atoms with Gasteiger partial charge in [-0.25, -0.2) is 0 Å². The van der Waals surface area contributed by atoms with Crippen LogP contribution in [-0.4, -0.2) is 70.0 Å². The van der Waals surface area contributed by atoms with Crippen LogP contribution in [0.15, 0.2) is 182 Å². The maximum Gasteiger partial charge on any atom is 0.306 e. The van der Waals surface area contributed by atoms with Crippen molar-refractivity contribution in [1.82, 2.24) is 0 Å². The number of unbranched alkanes of at least 4 members (excludes halogenated alkanes) is 35. The number of likely N-dealkylation sites (N-methyl/N-ethyl adjacent to an activating group) is 1. The summed E-state index contributed by atoms with van der Waals surface area (Å²) in [7, 11) is 1.15.